The van der Waals surface area contributed by atoms with Crippen molar-refractivity contribution in [2.24, 2.45) is 0 Å². The number of piperidine rings is 1. The molecule has 6 N–H and O–H groups in total. The number of carboxylic acid groups (broad SMARTS) is 2. The molecule has 41 heavy (non-hydrogen) atoms. The van der Waals surface area contributed by atoms with Crippen LogP contribution in [-0.2, 0) is 25.7 Å². The molecule has 1 aliphatic rings. The Morgan fingerprint density at radius 3 is 2.32 bits per heavy atom. The normalized spacial score (nSPS) is 17.9. The summed E-state index contributed by atoms with van der Waals surface area (Å²) in [5, 5.41) is 21.9. The van der Waals surface area contributed by atoms with E-state index in [0.717, 1.165) is 23.2 Å². The molecular formula is C27H34F3N5O6. The van der Waals surface area contributed by atoms with Crippen LogP contribution < -0.4 is 16.4 Å². The first-order chi connectivity index (χ1) is 19.2. The minimum absolute atomic E-state index is 0.0369. The minimum Gasteiger partial charge on any atom is -0.481 e. The van der Waals surface area contributed by atoms with E-state index >= 15 is 0 Å². The zero-order valence-corrected chi connectivity index (χ0v) is 22.6. The summed E-state index contributed by atoms with van der Waals surface area (Å²) in [6.07, 6.45) is -3.71. The van der Waals surface area contributed by atoms with Crippen molar-refractivity contribution in [1.29, 1.82) is 0 Å². The Balaban J connectivity index is 0.000000745. The van der Waals surface area contributed by atoms with E-state index in [1.165, 1.54) is 0 Å². The van der Waals surface area contributed by atoms with E-state index in [-0.39, 0.29) is 30.7 Å². The Morgan fingerprint density at radius 2 is 1.76 bits per heavy atom. The lowest BCUT2D eigenvalue weighted by atomic mass is 9.84. The Labute approximate surface area is 234 Å². The summed E-state index contributed by atoms with van der Waals surface area (Å²) in [7, 11) is 0. The van der Waals surface area contributed by atoms with Crippen molar-refractivity contribution >= 4 is 29.6 Å². The molecule has 1 aromatic carbocycles. The molecule has 0 spiro atoms. The number of hydrogen-bond acceptors (Lipinski definition) is 7. The Hall–Kier alpha value is -4.20. The number of halogens is 3. The number of alkyl halides is 3. The Morgan fingerprint density at radius 1 is 1.12 bits per heavy atom. The van der Waals surface area contributed by atoms with Crippen molar-refractivity contribution in [3.8, 4) is 0 Å². The summed E-state index contributed by atoms with van der Waals surface area (Å²) in [6.45, 7) is 4.65. The molecule has 1 aliphatic heterocycles. The van der Waals surface area contributed by atoms with Gasteiger partial charge in [-0.05, 0) is 56.3 Å². The minimum atomic E-state index is -5.08. The van der Waals surface area contributed by atoms with Crippen molar-refractivity contribution in [2.75, 3.05) is 18.8 Å². The van der Waals surface area contributed by atoms with Crippen LogP contribution in [0.4, 0.5) is 19.0 Å². The average Bonchev–Trinajstić information content (AvgIpc) is 2.91. The molecule has 3 atom stereocenters. The van der Waals surface area contributed by atoms with E-state index < -0.39 is 30.2 Å². The largest absolute Gasteiger partial charge is 0.490 e. The summed E-state index contributed by atoms with van der Waals surface area (Å²) < 4.78 is 31.7. The number of nitrogen functional groups attached to an aromatic ring is 1. The van der Waals surface area contributed by atoms with Crippen molar-refractivity contribution in [2.45, 2.75) is 63.8 Å². The van der Waals surface area contributed by atoms with Gasteiger partial charge in [-0.2, -0.15) is 13.2 Å². The maximum Gasteiger partial charge on any atom is 0.490 e. The van der Waals surface area contributed by atoms with Crippen LogP contribution in [0.5, 0.6) is 0 Å². The first-order valence-corrected chi connectivity index (χ1v) is 12.8. The molecule has 1 aromatic heterocycles. The second-order valence-corrected chi connectivity index (χ2v) is 9.56. The monoisotopic (exact) mass is 581 g/mol. The summed E-state index contributed by atoms with van der Waals surface area (Å²) >= 11 is 0. The molecule has 1 saturated heterocycles. The fraction of sp³-hybridized carbons (Fsp3) is 0.444. The molecule has 0 bridgehead atoms. The highest BCUT2D eigenvalue weighted by atomic mass is 19.4. The molecule has 0 radical (unpaired) electrons. The Kier molecular flexibility index (Phi) is 12.1. The average molecular weight is 582 g/mol. The van der Waals surface area contributed by atoms with E-state index in [1.54, 1.807) is 13.0 Å². The van der Waals surface area contributed by atoms with Gasteiger partial charge in [0.25, 0.3) is 0 Å². The number of aliphatic carboxylic acids is 2. The second-order valence-electron chi connectivity index (χ2n) is 9.56. The fourth-order valence-electron chi connectivity index (χ4n) is 4.33. The number of aromatic nitrogens is 1. The van der Waals surface area contributed by atoms with Crippen LogP contribution in [0.2, 0.25) is 0 Å². The third-order valence-corrected chi connectivity index (χ3v) is 6.56. The first kappa shape index (κ1) is 33.0. The van der Waals surface area contributed by atoms with E-state index in [2.05, 4.69) is 27.8 Å². The number of aryl methyl sites for hydroxylation is 1. The maximum atomic E-state index is 13.2. The molecule has 2 aromatic rings. The summed E-state index contributed by atoms with van der Waals surface area (Å²) in [6, 6.07) is 12.3. The van der Waals surface area contributed by atoms with Gasteiger partial charge in [-0.15, -0.1) is 0 Å². The third kappa shape index (κ3) is 10.7. The zero-order chi connectivity index (χ0) is 30.7. The van der Waals surface area contributed by atoms with E-state index in [0.29, 0.717) is 25.3 Å². The molecule has 0 unspecified atom stereocenters. The number of rotatable bonds is 9. The summed E-state index contributed by atoms with van der Waals surface area (Å²) in [5.74, 6) is -3.61. The lowest BCUT2D eigenvalue weighted by Gasteiger charge is -2.39. The van der Waals surface area contributed by atoms with Gasteiger partial charge in [-0.25, -0.2) is 9.78 Å². The number of pyridine rings is 1. The molecular weight excluding hydrogens is 547 g/mol. The molecule has 14 heteroatoms. The van der Waals surface area contributed by atoms with Gasteiger partial charge in [-0.1, -0.05) is 36.4 Å². The number of carboxylic acids is 2. The smallest absolute Gasteiger partial charge is 0.481 e. The van der Waals surface area contributed by atoms with Gasteiger partial charge in [0.15, 0.2) is 0 Å². The molecule has 2 heterocycles. The molecule has 1 fully saturated rings. The second kappa shape index (κ2) is 15.0. The molecule has 0 saturated carbocycles. The summed E-state index contributed by atoms with van der Waals surface area (Å²) in [5.41, 5.74) is 8.42. The SMILES string of the molecule is Cc1nc(N)ccc1CNC(=O)[C@H](C)NC(=O)[C@H]1C[C@@H](c2ccccc2)CCN1CCC(=O)O.O=C(O)C(F)(F)F. The quantitative estimate of drug-likeness (QED) is 0.298. The van der Waals surface area contributed by atoms with Gasteiger partial charge in [0, 0.05) is 18.8 Å². The summed E-state index contributed by atoms with van der Waals surface area (Å²) in [4.78, 5) is 51.9. The van der Waals surface area contributed by atoms with Crippen LogP contribution >= 0.6 is 0 Å². The van der Waals surface area contributed by atoms with E-state index in [1.807, 2.05) is 36.1 Å². The van der Waals surface area contributed by atoms with Crippen LogP contribution in [0.1, 0.15) is 48.9 Å². The van der Waals surface area contributed by atoms with E-state index in [4.69, 9.17) is 20.7 Å². The molecule has 224 valence electrons. The van der Waals surface area contributed by atoms with Gasteiger partial charge in [0.05, 0.1) is 12.5 Å². The first-order valence-electron chi connectivity index (χ1n) is 12.8. The van der Waals surface area contributed by atoms with Crippen molar-refractivity contribution < 1.29 is 42.6 Å². The lowest BCUT2D eigenvalue weighted by Crippen LogP contribution is -2.55. The van der Waals surface area contributed by atoms with Crippen LogP contribution in [0.15, 0.2) is 42.5 Å². The van der Waals surface area contributed by atoms with Gasteiger partial charge in [0.2, 0.25) is 11.8 Å². The highest BCUT2D eigenvalue weighted by Gasteiger charge is 2.38. The van der Waals surface area contributed by atoms with Crippen LogP contribution in [0.3, 0.4) is 0 Å². The highest BCUT2D eigenvalue weighted by Crippen LogP contribution is 2.31. The standard InChI is InChI=1S/C25H33N5O4.C2HF3O2/c1-16-20(8-9-22(26)28-16)15-27-24(33)17(2)29-25(34)21-14-19(18-6-4-3-5-7-18)10-12-30(21)13-11-23(31)32;3-2(4,5)1(6)7/h3-9,17,19,21H,10-15H2,1-2H3,(H2,26,28)(H,27,33)(H,29,34)(H,31,32);(H,6,7)/t17-,19-,21+;/m0./s1. The van der Waals surface area contributed by atoms with E-state index in [9.17, 15) is 27.6 Å². The van der Waals surface area contributed by atoms with Crippen molar-refractivity contribution in [3.05, 3.63) is 59.3 Å². The molecule has 2 amide bonds. The number of likely N-dealkylation sites (tertiary alicyclic amines) is 1. The number of nitrogens with two attached hydrogens (primary N) is 1. The number of benzene rings is 1. The number of carbonyl (C=O) groups excluding carboxylic acids is 2. The number of amides is 2. The maximum absolute atomic E-state index is 13.2. The van der Waals surface area contributed by atoms with Crippen LogP contribution in [0, 0.1) is 6.92 Å². The number of hydrogen-bond donors (Lipinski definition) is 5. The molecule has 11 nitrogen and oxygen atoms in total. The topological polar surface area (TPSA) is 175 Å². The lowest BCUT2D eigenvalue weighted by molar-refractivity contribution is -0.192. The number of nitrogens with zero attached hydrogens (tertiary/aromatic N) is 2. The highest BCUT2D eigenvalue weighted by molar-refractivity contribution is 5.89. The number of nitrogens with one attached hydrogen (secondary N) is 2. The van der Waals surface area contributed by atoms with Crippen LogP contribution in [-0.4, -0.2) is 75.2 Å². The number of anilines is 1. The fourth-order valence-corrected chi connectivity index (χ4v) is 4.33. The molecule has 0 aliphatic carbocycles. The Bertz CT molecular complexity index is 1210. The van der Waals surface area contributed by atoms with Gasteiger partial charge >= 0.3 is 18.1 Å². The van der Waals surface area contributed by atoms with Gasteiger partial charge in [-0.3, -0.25) is 19.3 Å². The number of carbonyl (C=O) groups is 4. The van der Waals surface area contributed by atoms with Crippen molar-refractivity contribution in [3.63, 3.8) is 0 Å². The third-order valence-electron chi connectivity index (χ3n) is 6.56. The van der Waals surface area contributed by atoms with Gasteiger partial charge < -0.3 is 26.6 Å². The predicted molar refractivity (Wildman–Crippen MR) is 143 cm³/mol. The predicted octanol–water partition coefficient (Wildman–Crippen LogP) is 2.45. The van der Waals surface area contributed by atoms with Crippen molar-refractivity contribution in [1.82, 2.24) is 20.5 Å². The van der Waals surface area contributed by atoms with Gasteiger partial charge in [0.1, 0.15) is 11.9 Å². The van der Waals surface area contributed by atoms with Crippen LogP contribution in [0.25, 0.3) is 0 Å². The molecule has 3 rings (SSSR count). The zero-order valence-electron chi connectivity index (χ0n) is 22.6.